The van der Waals surface area contributed by atoms with Gasteiger partial charge < -0.3 is 9.47 Å². The van der Waals surface area contributed by atoms with Gasteiger partial charge in [0.2, 0.25) is 10.0 Å². The molecule has 20 heavy (non-hydrogen) atoms. The molecule has 0 aliphatic carbocycles. The van der Waals surface area contributed by atoms with Gasteiger partial charge in [-0.25, -0.2) is 13.2 Å². The summed E-state index contributed by atoms with van der Waals surface area (Å²) in [5.74, 6) is -0.587. The highest BCUT2D eigenvalue weighted by atomic mass is 79.9. The lowest BCUT2D eigenvalue weighted by atomic mass is 10.2. The Morgan fingerprint density at radius 2 is 2.00 bits per heavy atom. The minimum Gasteiger partial charge on any atom is -0.465 e. The predicted octanol–water partition coefficient (Wildman–Crippen LogP) is 1.26. The number of morpholine rings is 1. The number of nitrogens with zero attached hydrogens (tertiary/aromatic N) is 1. The van der Waals surface area contributed by atoms with Crippen LogP contribution in [0.15, 0.2) is 27.6 Å². The van der Waals surface area contributed by atoms with Crippen molar-refractivity contribution >= 4 is 31.9 Å². The second kappa shape index (κ2) is 6.21. The number of carbonyl (C=O) groups is 1. The summed E-state index contributed by atoms with van der Waals surface area (Å²) in [5.41, 5.74) is 0.182. The maximum absolute atomic E-state index is 12.5. The third-order valence-electron chi connectivity index (χ3n) is 2.95. The van der Waals surface area contributed by atoms with Gasteiger partial charge in [-0.2, -0.15) is 4.31 Å². The summed E-state index contributed by atoms with van der Waals surface area (Å²) in [6, 6.07) is 4.31. The van der Waals surface area contributed by atoms with Crippen molar-refractivity contribution in [2.75, 3.05) is 33.4 Å². The van der Waals surface area contributed by atoms with Gasteiger partial charge in [-0.15, -0.1) is 0 Å². The molecular formula is C12H14BrNO5S. The molecule has 0 atom stereocenters. The van der Waals surface area contributed by atoms with Gasteiger partial charge in [0.1, 0.15) is 0 Å². The molecule has 0 spiro atoms. The summed E-state index contributed by atoms with van der Waals surface area (Å²) in [6.45, 7) is 1.37. The predicted molar refractivity (Wildman–Crippen MR) is 75.1 cm³/mol. The lowest BCUT2D eigenvalue weighted by molar-refractivity contribution is 0.0599. The van der Waals surface area contributed by atoms with Crippen molar-refractivity contribution in [2.24, 2.45) is 0 Å². The molecule has 0 aromatic heterocycles. The van der Waals surface area contributed by atoms with Crippen molar-refractivity contribution in [3.05, 3.63) is 28.2 Å². The molecule has 2 rings (SSSR count). The fraction of sp³-hybridized carbons (Fsp3) is 0.417. The number of carbonyl (C=O) groups excluding carboxylic acids is 1. The molecule has 0 saturated carbocycles. The first-order valence-corrected chi connectivity index (χ1v) is 8.16. The Labute approximate surface area is 125 Å². The van der Waals surface area contributed by atoms with E-state index in [1.165, 1.54) is 29.6 Å². The van der Waals surface area contributed by atoms with E-state index in [1.807, 2.05) is 0 Å². The van der Waals surface area contributed by atoms with Crippen LogP contribution in [-0.2, 0) is 19.5 Å². The maximum Gasteiger partial charge on any atom is 0.339 e. The first-order chi connectivity index (χ1) is 9.46. The molecule has 1 aromatic carbocycles. The summed E-state index contributed by atoms with van der Waals surface area (Å²) < 4.78 is 36.5. The highest BCUT2D eigenvalue weighted by Gasteiger charge is 2.27. The van der Waals surface area contributed by atoms with Crippen molar-refractivity contribution in [3.8, 4) is 0 Å². The molecule has 0 bridgehead atoms. The van der Waals surface area contributed by atoms with E-state index < -0.39 is 16.0 Å². The molecule has 8 heteroatoms. The average Bonchev–Trinajstić information content (AvgIpc) is 2.47. The van der Waals surface area contributed by atoms with Crippen LogP contribution in [0.25, 0.3) is 0 Å². The van der Waals surface area contributed by atoms with Crippen LogP contribution in [0.2, 0.25) is 0 Å². The molecule has 0 amide bonds. The number of benzene rings is 1. The van der Waals surface area contributed by atoms with E-state index in [-0.39, 0.29) is 10.5 Å². The van der Waals surface area contributed by atoms with Crippen LogP contribution in [0.5, 0.6) is 0 Å². The van der Waals surface area contributed by atoms with Crippen molar-refractivity contribution in [1.82, 2.24) is 4.31 Å². The molecule has 1 heterocycles. The lowest BCUT2D eigenvalue weighted by Gasteiger charge is -2.26. The zero-order valence-electron chi connectivity index (χ0n) is 10.8. The third-order valence-corrected chi connectivity index (χ3v) is 5.54. The van der Waals surface area contributed by atoms with Crippen molar-refractivity contribution in [2.45, 2.75) is 4.90 Å². The molecule has 1 aliphatic heterocycles. The average molecular weight is 364 g/mol. The Hall–Kier alpha value is -0.960. The monoisotopic (exact) mass is 363 g/mol. The van der Waals surface area contributed by atoms with E-state index >= 15 is 0 Å². The summed E-state index contributed by atoms with van der Waals surface area (Å²) >= 11 is 3.21. The first kappa shape index (κ1) is 15.4. The molecular weight excluding hydrogens is 350 g/mol. The molecule has 1 aromatic rings. The summed E-state index contributed by atoms with van der Waals surface area (Å²) in [7, 11) is -2.37. The highest BCUT2D eigenvalue weighted by molar-refractivity contribution is 9.10. The Morgan fingerprint density at radius 3 is 2.60 bits per heavy atom. The molecule has 0 unspecified atom stereocenters. The minimum absolute atomic E-state index is 0.0722. The van der Waals surface area contributed by atoms with Gasteiger partial charge in [-0.05, 0) is 34.1 Å². The van der Waals surface area contributed by atoms with Crippen LogP contribution < -0.4 is 0 Å². The number of rotatable bonds is 3. The third kappa shape index (κ3) is 3.03. The Balaban J connectivity index is 2.39. The van der Waals surface area contributed by atoms with Crippen LogP contribution in [0.1, 0.15) is 10.4 Å². The molecule has 6 nitrogen and oxygen atoms in total. The van der Waals surface area contributed by atoms with Gasteiger partial charge in [-0.3, -0.25) is 0 Å². The largest absolute Gasteiger partial charge is 0.465 e. The molecule has 1 aliphatic rings. The molecule has 0 N–H and O–H groups in total. The van der Waals surface area contributed by atoms with E-state index in [0.29, 0.717) is 30.8 Å². The lowest BCUT2D eigenvalue weighted by Crippen LogP contribution is -2.40. The number of ether oxygens (including phenoxy) is 2. The van der Waals surface area contributed by atoms with E-state index in [4.69, 9.17) is 4.74 Å². The number of hydrogen-bond acceptors (Lipinski definition) is 5. The van der Waals surface area contributed by atoms with Crippen LogP contribution in [0, 0.1) is 0 Å². The Kier molecular flexibility index (Phi) is 4.79. The van der Waals surface area contributed by atoms with E-state index in [2.05, 4.69) is 20.7 Å². The zero-order chi connectivity index (χ0) is 14.8. The summed E-state index contributed by atoms with van der Waals surface area (Å²) in [4.78, 5) is 11.7. The fourth-order valence-corrected chi connectivity index (χ4v) is 3.71. The fourth-order valence-electron chi connectivity index (χ4n) is 1.87. The van der Waals surface area contributed by atoms with Gasteiger partial charge >= 0.3 is 5.97 Å². The van der Waals surface area contributed by atoms with Gasteiger partial charge in [0.15, 0.2) is 0 Å². The zero-order valence-corrected chi connectivity index (χ0v) is 13.2. The Bertz CT molecular complexity index is 610. The van der Waals surface area contributed by atoms with Gasteiger partial charge in [-0.1, -0.05) is 0 Å². The second-order valence-electron chi connectivity index (χ2n) is 4.15. The minimum atomic E-state index is -3.62. The molecule has 0 radical (unpaired) electrons. The molecule has 1 fully saturated rings. The van der Waals surface area contributed by atoms with Crippen molar-refractivity contribution in [3.63, 3.8) is 0 Å². The van der Waals surface area contributed by atoms with Gasteiger partial charge in [0, 0.05) is 17.6 Å². The quantitative estimate of drug-likeness (QED) is 0.755. The number of hydrogen-bond donors (Lipinski definition) is 0. The van der Waals surface area contributed by atoms with Gasteiger partial charge in [0.25, 0.3) is 0 Å². The first-order valence-electron chi connectivity index (χ1n) is 5.92. The SMILES string of the molecule is COC(=O)c1cc(S(=O)(=O)N2CCOCC2)ccc1Br. The van der Waals surface area contributed by atoms with Crippen LogP contribution in [0.3, 0.4) is 0 Å². The number of esters is 1. The molecule has 1 saturated heterocycles. The van der Waals surface area contributed by atoms with Crippen molar-refractivity contribution < 1.29 is 22.7 Å². The van der Waals surface area contributed by atoms with Gasteiger partial charge in [0.05, 0.1) is 30.8 Å². The second-order valence-corrected chi connectivity index (χ2v) is 6.94. The number of sulfonamides is 1. The van der Waals surface area contributed by atoms with Crippen molar-refractivity contribution in [1.29, 1.82) is 0 Å². The summed E-state index contributed by atoms with van der Waals surface area (Å²) in [6.07, 6.45) is 0. The molecule has 110 valence electrons. The standard InChI is InChI=1S/C12H14BrNO5S/c1-18-12(15)10-8-9(2-3-11(10)13)20(16,17)14-4-6-19-7-5-14/h2-3,8H,4-7H2,1H3. The summed E-state index contributed by atoms with van der Waals surface area (Å²) in [5, 5.41) is 0. The van der Waals surface area contributed by atoms with E-state index in [0.717, 1.165) is 0 Å². The van der Waals surface area contributed by atoms with E-state index in [1.54, 1.807) is 0 Å². The van der Waals surface area contributed by atoms with Crippen LogP contribution in [0.4, 0.5) is 0 Å². The highest BCUT2D eigenvalue weighted by Crippen LogP contribution is 2.24. The number of methoxy groups -OCH3 is 1. The maximum atomic E-state index is 12.5. The normalized spacial score (nSPS) is 16.9. The van der Waals surface area contributed by atoms with E-state index in [9.17, 15) is 13.2 Å². The smallest absolute Gasteiger partial charge is 0.339 e. The van der Waals surface area contributed by atoms with Crippen LogP contribution >= 0.6 is 15.9 Å². The Morgan fingerprint density at radius 1 is 1.35 bits per heavy atom. The number of halogens is 1. The topological polar surface area (TPSA) is 72.9 Å². The van der Waals surface area contributed by atoms with Crippen LogP contribution in [-0.4, -0.2) is 52.1 Å².